The molecule has 0 radical (unpaired) electrons. The second kappa shape index (κ2) is 9.80. The molecule has 2 amide bonds. The van der Waals surface area contributed by atoms with Gasteiger partial charge >= 0.3 is 0 Å². The third-order valence-corrected chi connectivity index (χ3v) is 5.01. The van der Waals surface area contributed by atoms with Crippen LogP contribution >= 0.6 is 0 Å². The van der Waals surface area contributed by atoms with Crippen molar-refractivity contribution < 1.29 is 19.1 Å². The van der Waals surface area contributed by atoms with Crippen molar-refractivity contribution in [1.82, 2.24) is 10.6 Å². The Labute approximate surface area is 181 Å². The van der Waals surface area contributed by atoms with Gasteiger partial charge in [0, 0.05) is 12.0 Å². The van der Waals surface area contributed by atoms with Gasteiger partial charge in [-0.25, -0.2) is 0 Å². The summed E-state index contributed by atoms with van der Waals surface area (Å²) in [5, 5.41) is 5.76. The minimum absolute atomic E-state index is 0.268. The van der Waals surface area contributed by atoms with E-state index in [-0.39, 0.29) is 24.5 Å². The van der Waals surface area contributed by atoms with Crippen molar-refractivity contribution in [1.29, 1.82) is 0 Å². The van der Waals surface area contributed by atoms with Crippen LogP contribution in [0, 0.1) is 0 Å². The number of hydrogen-bond donors (Lipinski definition) is 2. The molecule has 0 fully saturated rings. The lowest BCUT2D eigenvalue weighted by atomic mass is 10.0. The Morgan fingerprint density at radius 3 is 2.26 bits per heavy atom. The monoisotopic (exact) mass is 416 g/mol. The van der Waals surface area contributed by atoms with Gasteiger partial charge in [-0.05, 0) is 29.8 Å². The van der Waals surface area contributed by atoms with Gasteiger partial charge in [-0.3, -0.25) is 9.59 Å². The van der Waals surface area contributed by atoms with E-state index in [0.717, 1.165) is 5.56 Å². The molecular weight excluding hydrogens is 392 g/mol. The van der Waals surface area contributed by atoms with E-state index in [1.54, 1.807) is 24.3 Å². The molecule has 0 saturated heterocycles. The largest absolute Gasteiger partial charge is 0.486 e. The maximum atomic E-state index is 13.0. The van der Waals surface area contributed by atoms with E-state index >= 15 is 0 Å². The highest BCUT2D eigenvalue weighted by Gasteiger charge is 2.25. The molecule has 0 bridgehead atoms. The Hall–Kier alpha value is -3.80. The first-order chi connectivity index (χ1) is 15.2. The minimum atomic E-state index is -0.716. The summed E-state index contributed by atoms with van der Waals surface area (Å²) in [5.74, 6) is 0.798. The number of carbonyl (C=O) groups is 2. The maximum Gasteiger partial charge on any atom is 0.251 e. The molecule has 158 valence electrons. The molecule has 0 aromatic heterocycles. The number of para-hydroxylation sites is 2. The quantitative estimate of drug-likeness (QED) is 0.621. The van der Waals surface area contributed by atoms with Crippen molar-refractivity contribution in [2.45, 2.75) is 18.6 Å². The smallest absolute Gasteiger partial charge is 0.251 e. The predicted molar refractivity (Wildman–Crippen MR) is 117 cm³/mol. The van der Waals surface area contributed by atoms with Crippen LogP contribution in [0.4, 0.5) is 0 Å². The Kier molecular flexibility index (Phi) is 6.47. The Balaban J connectivity index is 1.40. The minimum Gasteiger partial charge on any atom is -0.486 e. The van der Waals surface area contributed by atoms with Crippen LogP contribution in [0.5, 0.6) is 11.5 Å². The summed E-state index contributed by atoms with van der Waals surface area (Å²) in [6.07, 6.45) is 0.0804. The van der Waals surface area contributed by atoms with Gasteiger partial charge in [0.05, 0.1) is 6.54 Å². The van der Waals surface area contributed by atoms with Crippen LogP contribution in [-0.2, 0) is 11.2 Å². The predicted octanol–water partition coefficient (Wildman–Crippen LogP) is 2.98. The molecule has 1 heterocycles. The molecular formula is C25H24N2O4. The van der Waals surface area contributed by atoms with Crippen LogP contribution in [0.3, 0.4) is 0 Å². The van der Waals surface area contributed by atoms with E-state index in [4.69, 9.17) is 9.47 Å². The van der Waals surface area contributed by atoms with Gasteiger partial charge < -0.3 is 20.1 Å². The van der Waals surface area contributed by atoms with Crippen molar-refractivity contribution in [2.75, 3.05) is 13.2 Å². The number of carbonyl (C=O) groups excluding carboxylic acids is 2. The van der Waals surface area contributed by atoms with Crippen molar-refractivity contribution in [3.8, 4) is 11.5 Å². The molecule has 3 aromatic carbocycles. The fourth-order valence-corrected chi connectivity index (χ4v) is 3.39. The summed E-state index contributed by atoms with van der Waals surface area (Å²) in [6, 6.07) is 25.2. The number of amides is 2. The van der Waals surface area contributed by atoms with Gasteiger partial charge in [0.15, 0.2) is 11.5 Å². The number of rotatable bonds is 7. The molecule has 0 aliphatic carbocycles. The molecule has 1 aliphatic heterocycles. The van der Waals surface area contributed by atoms with E-state index in [1.807, 2.05) is 60.7 Å². The first-order valence-electron chi connectivity index (χ1n) is 10.2. The summed E-state index contributed by atoms with van der Waals surface area (Å²) in [4.78, 5) is 25.6. The van der Waals surface area contributed by atoms with Crippen LogP contribution in [0.15, 0.2) is 84.9 Å². The highest BCUT2D eigenvalue weighted by atomic mass is 16.6. The second-order valence-electron chi connectivity index (χ2n) is 7.32. The van der Waals surface area contributed by atoms with Crippen LogP contribution in [0.2, 0.25) is 0 Å². The Morgan fingerprint density at radius 1 is 0.871 bits per heavy atom. The van der Waals surface area contributed by atoms with Crippen molar-refractivity contribution in [3.05, 3.63) is 96.1 Å². The number of ether oxygens (including phenoxy) is 2. The molecule has 2 atom stereocenters. The summed E-state index contributed by atoms with van der Waals surface area (Å²) >= 11 is 0. The Morgan fingerprint density at radius 2 is 1.52 bits per heavy atom. The summed E-state index contributed by atoms with van der Waals surface area (Å²) in [6.45, 7) is 0.622. The molecule has 0 spiro atoms. The van der Waals surface area contributed by atoms with Crippen LogP contribution in [0.25, 0.3) is 0 Å². The fraction of sp³-hybridized carbons (Fsp3) is 0.200. The van der Waals surface area contributed by atoms with Crippen LogP contribution in [-0.4, -0.2) is 37.1 Å². The third kappa shape index (κ3) is 5.42. The van der Waals surface area contributed by atoms with E-state index in [1.165, 1.54) is 0 Å². The standard InChI is InChI=1S/C25H24N2O4/c28-24(19-11-5-2-6-12-19)27-21(15-18-9-3-1-4-10-18)25(29)26-16-20-17-30-22-13-7-8-14-23(22)31-20/h1-14,20-21H,15-17H2,(H,26,29)(H,27,28)/t20-,21+/m1/s1. The van der Waals surface area contributed by atoms with E-state index in [9.17, 15) is 9.59 Å². The van der Waals surface area contributed by atoms with Gasteiger partial charge in [-0.2, -0.15) is 0 Å². The van der Waals surface area contributed by atoms with Gasteiger partial charge in [-0.15, -0.1) is 0 Å². The molecule has 2 N–H and O–H groups in total. The van der Waals surface area contributed by atoms with Crippen molar-refractivity contribution in [3.63, 3.8) is 0 Å². The third-order valence-electron chi connectivity index (χ3n) is 5.01. The molecule has 6 nitrogen and oxygen atoms in total. The molecule has 6 heteroatoms. The Bertz CT molecular complexity index is 1020. The lowest BCUT2D eigenvalue weighted by molar-refractivity contribution is -0.123. The average molecular weight is 416 g/mol. The molecule has 0 unspecified atom stereocenters. The average Bonchev–Trinajstić information content (AvgIpc) is 2.83. The number of fused-ring (bicyclic) bond motifs is 1. The van der Waals surface area contributed by atoms with Gasteiger partial charge in [0.1, 0.15) is 18.8 Å². The highest BCUT2D eigenvalue weighted by Crippen LogP contribution is 2.30. The summed E-state index contributed by atoms with van der Waals surface area (Å²) in [5.41, 5.74) is 1.47. The van der Waals surface area contributed by atoms with Gasteiger partial charge in [0.2, 0.25) is 5.91 Å². The van der Waals surface area contributed by atoms with E-state index in [0.29, 0.717) is 30.1 Å². The molecule has 31 heavy (non-hydrogen) atoms. The SMILES string of the molecule is O=C(N[C@@H](Cc1ccccc1)C(=O)NC[C@@H]1COc2ccccc2O1)c1ccccc1. The second-order valence-corrected chi connectivity index (χ2v) is 7.32. The first kappa shape index (κ1) is 20.5. The normalized spacial score (nSPS) is 15.5. The number of benzene rings is 3. The number of hydrogen-bond acceptors (Lipinski definition) is 4. The van der Waals surface area contributed by atoms with E-state index in [2.05, 4.69) is 10.6 Å². The molecule has 3 aromatic rings. The van der Waals surface area contributed by atoms with Crippen molar-refractivity contribution in [2.24, 2.45) is 0 Å². The maximum absolute atomic E-state index is 13.0. The fourth-order valence-electron chi connectivity index (χ4n) is 3.39. The van der Waals surface area contributed by atoms with Crippen LogP contribution in [0.1, 0.15) is 15.9 Å². The van der Waals surface area contributed by atoms with E-state index < -0.39 is 6.04 Å². The summed E-state index contributed by atoms with van der Waals surface area (Å²) < 4.78 is 11.6. The summed E-state index contributed by atoms with van der Waals surface area (Å²) in [7, 11) is 0. The lowest BCUT2D eigenvalue weighted by Gasteiger charge is -2.27. The zero-order valence-electron chi connectivity index (χ0n) is 17.0. The zero-order valence-corrected chi connectivity index (χ0v) is 17.0. The van der Waals surface area contributed by atoms with Gasteiger partial charge in [-0.1, -0.05) is 60.7 Å². The molecule has 1 aliphatic rings. The van der Waals surface area contributed by atoms with Crippen molar-refractivity contribution >= 4 is 11.8 Å². The molecule has 4 rings (SSSR count). The highest BCUT2D eigenvalue weighted by molar-refractivity contribution is 5.97. The zero-order chi connectivity index (χ0) is 21.5. The van der Waals surface area contributed by atoms with Crippen LogP contribution < -0.4 is 20.1 Å². The molecule has 0 saturated carbocycles. The topological polar surface area (TPSA) is 76.7 Å². The first-order valence-corrected chi connectivity index (χ1v) is 10.2. The lowest BCUT2D eigenvalue weighted by Crippen LogP contribution is -2.51. The number of nitrogens with one attached hydrogen (secondary N) is 2. The van der Waals surface area contributed by atoms with Gasteiger partial charge in [0.25, 0.3) is 5.91 Å².